The van der Waals surface area contributed by atoms with Gasteiger partial charge in [0.15, 0.2) is 0 Å². The van der Waals surface area contributed by atoms with Gasteiger partial charge in [-0.15, -0.1) is 0 Å². The molecule has 154 valence electrons. The summed E-state index contributed by atoms with van der Waals surface area (Å²) in [6, 6.07) is 7.13. The van der Waals surface area contributed by atoms with E-state index in [1.54, 1.807) is 11.9 Å². The van der Waals surface area contributed by atoms with Crippen molar-refractivity contribution in [3.05, 3.63) is 58.4 Å². The van der Waals surface area contributed by atoms with Crippen LogP contribution < -0.4 is 5.32 Å². The van der Waals surface area contributed by atoms with Crippen LogP contribution in [-0.4, -0.2) is 47.6 Å². The van der Waals surface area contributed by atoms with Crippen molar-refractivity contribution in [2.75, 3.05) is 20.2 Å². The third kappa shape index (κ3) is 3.35. The number of hydrogen-bond acceptors (Lipinski definition) is 3. The number of ether oxygens (including phenoxy) is 1. The average molecular weight is 396 g/mol. The van der Waals surface area contributed by atoms with Crippen molar-refractivity contribution in [2.45, 2.75) is 44.8 Å². The number of benzene rings is 1. The monoisotopic (exact) mass is 395 g/mol. The SMILES string of the molecule is Cc1c(C2C(C(=O)NCC3CCCO3)c3ccccc3C(=O)N2C)cn(C)c1C. The van der Waals surface area contributed by atoms with Crippen LogP contribution >= 0.6 is 0 Å². The Morgan fingerprint density at radius 3 is 2.62 bits per heavy atom. The molecule has 2 aliphatic rings. The first kappa shape index (κ1) is 19.7. The molecular formula is C23H29N3O3. The van der Waals surface area contributed by atoms with Crippen LogP contribution in [0.1, 0.15) is 57.5 Å². The van der Waals surface area contributed by atoms with Gasteiger partial charge < -0.3 is 19.5 Å². The Morgan fingerprint density at radius 2 is 1.97 bits per heavy atom. The number of amides is 2. The third-order valence-corrected chi connectivity index (χ3v) is 6.55. The zero-order chi connectivity index (χ0) is 20.7. The second kappa shape index (κ2) is 7.67. The lowest BCUT2D eigenvalue weighted by molar-refractivity contribution is -0.124. The molecule has 1 fully saturated rings. The first-order valence-corrected chi connectivity index (χ1v) is 10.3. The number of nitrogens with one attached hydrogen (secondary N) is 1. The van der Waals surface area contributed by atoms with Crippen LogP contribution in [0.5, 0.6) is 0 Å². The maximum atomic E-state index is 13.4. The van der Waals surface area contributed by atoms with Gasteiger partial charge >= 0.3 is 0 Å². The predicted molar refractivity (Wildman–Crippen MR) is 111 cm³/mol. The highest BCUT2D eigenvalue weighted by atomic mass is 16.5. The summed E-state index contributed by atoms with van der Waals surface area (Å²) >= 11 is 0. The number of aromatic nitrogens is 1. The fourth-order valence-corrected chi connectivity index (χ4v) is 4.65. The molecule has 0 radical (unpaired) electrons. The molecule has 0 bridgehead atoms. The van der Waals surface area contributed by atoms with Gasteiger partial charge in [-0.3, -0.25) is 9.59 Å². The molecule has 0 saturated carbocycles. The summed E-state index contributed by atoms with van der Waals surface area (Å²) in [5.41, 5.74) is 4.68. The summed E-state index contributed by atoms with van der Waals surface area (Å²) in [5, 5.41) is 3.10. The molecule has 1 saturated heterocycles. The Bertz CT molecular complexity index is 943. The van der Waals surface area contributed by atoms with Crippen LogP contribution in [0.25, 0.3) is 0 Å². The van der Waals surface area contributed by atoms with Gasteiger partial charge in [0.05, 0.1) is 18.1 Å². The van der Waals surface area contributed by atoms with Gasteiger partial charge in [-0.1, -0.05) is 18.2 Å². The molecule has 29 heavy (non-hydrogen) atoms. The van der Waals surface area contributed by atoms with E-state index in [1.165, 1.54) is 0 Å². The molecule has 2 amide bonds. The van der Waals surface area contributed by atoms with E-state index in [-0.39, 0.29) is 24.0 Å². The summed E-state index contributed by atoms with van der Waals surface area (Å²) in [6.07, 6.45) is 4.14. The number of carbonyl (C=O) groups excluding carboxylic acids is 2. The van der Waals surface area contributed by atoms with Crippen molar-refractivity contribution in [1.82, 2.24) is 14.8 Å². The number of carbonyl (C=O) groups is 2. The highest BCUT2D eigenvalue weighted by Gasteiger charge is 2.43. The fourth-order valence-electron chi connectivity index (χ4n) is 4.65. The molecule has 1 aromatic heterocycles. The minimum absolute atomic E-state index is 0.0466. The predicted octanol–water partition coefficient (Wildman–Crippen LogP) is 2.85. The van der Waals surface area contributed by atoms with E-state index < -0.39 is 5.92 Å². The average Bonchev–Trinajstić information content (AvgIpc) is 3.33. The third-order valence-electron chi connectivity index (χ3n) is 6.55. The van der Waals surface area contributed by atoms with Crippen LogP contribution in [0.2, 0.25) is 0 Å². The zero-order valence-electron chi connectivity index (χ0n) is 17.6. The largest absolute Gasteiger partial charge is 0.376 e. The van der Waals surface area contributed by atoms with Crippen LogP contribution in [0.4, 0.5) is 0 Å². The molecule has 2 aliphatic heterocycles. The van der Waals surface area contributed by atoms with E-state index >= 15 is 0 Å². The summed E-state index contributed by atoms with van der Waals surface area (Å²) in [5.74, 6) is -0.566. The number of fused-ring (bicyclic) bond motifs is 1. The number of rotatable bonds is 4. The Morgan fingerprint density at radius 1 is 1.21 bits per heavy atom. The minimum atomic E-state index is -0.462. The molecule has 0 spiro atoms. The second-order valence-corrected chi connectivity index (χ2v) is 8.21. The van der Waals surface area contributed by atoms with Gasteiger partial charge in [0.25, 0.3) is 5.91 Å². The molecule has 1 aromatic carbocycles. The van der Waals surface area contributed by atoms with Crippen molar-refractivity contribution in [1.29, 1.82) is 0 Å². The topological polar surface area (TPSA) is 63.6 Å². The summed E-state index contributed by atoms with van der Waals surface area (Å²) in [7, 11) is 3.79. The second-order valence-electron chi connectivity index (χ2n) is 8.21. The number of aryl methyl sites for hydroxylation is 1. The maximum Gasteiger partial charge on any atom is 0.254 e. The molecule has 4 rings (SSSR count). The summed E-state index contributed by atoms with van der Waals surface area (Å²) < 4.78 is 7.73. The smallest absolute Gasteiger partial charge is 0.254 e. The van der Waals surface area contributed by atoms with Crippen LogP contribution in [-0.2, 0) is 16.6 Å². The number of likely N-dealkylation sites (N-methyl/N-ethyl adjacent to an activating group) is 1. The molecular weight excluding hydrogens is 366 g/mol. The number of hydrogen-bond donors (Lipinski definition) is 1. The van der Waals surface area contributed by atoms with E-state index in [9.17, 15) is 9.59 Å². The Kier molecular flexibility index (Phi) is 5.21. The van der Waals surface area contributed by atoms with E-state index in [1.807, 2.05) is 37.5 Å². The highest BCUT2D eigenvalue weighted by Crippen LogP contribution is 2.43. The minimum Gasteiger partial charge on any atom is -0.376 e. The lowest BCUT2D eigenvalue weighted by atomic mass is 9.79. The zero-order valence-corrected chi connectivity index (χ0v) is 17.6. The first-order valence-electron chi connectivity index (χ1n) is 10.3. The van der Waals surface area contributed by atoms with Gasteiger partial charge in [-0.2, -0.15) is 0 Å². The van der Waals surface area contributed by atoms with E-state index in [0.29, 0.717) is 12.1 Å². The summed E-state index contributed by atoms with van der Waals surface area (Å²) in [6.45, 7) is 5.39. The Hall–Kier alpha value is -2.60. The fraction of sp³-hybridized carbons (Fsp3) is 0.478. The molecule has 6 heteroatoms. The van der Waals surface area contributed by atoms with Gasteiger partial charge in [-0.25, -0.2) is 0 Å². The normalized spacial score (nSPS) is 23.9. The Balaban J connectivity index is 1.75. The molecule has 0 aliphatic carbocycles. The van der Waals surface area contributed by atoms with Crippen molar-refractivity contribution < 1.29 is 14.3 Å². The van der Waals surface area contributed by atoms with Gasteiger partial charge in [0.2, 0.25) is 5.91 Å². The quantitative estimate of drug-likeness (QED) is 0.866. The molecule has 3 unspecified atom stereocenters. The van der Waals surface area contributed by atoms with Crippen molar-refractivity contribution in [3.63, 3.8) is 0 Å². The lowest BCUT2D eigenvalue weighted by Gasteiger charge is -2.39. The Labute approximate surface area is 171 Å². The molecule has 3 heterocycles. The van der Waals surface area contributed by atoms with Crippen LogP contribution in [0.3, 0.4) is 0 Å². The van der Waals surface area contributed by atoms with Crippen molar-refractivity contribution in [2.24, 2.45) is 7.05 Å². The molecule has 1 N–H and O–H groups in total. The van der Waals surface area contributed by atoms with Crippen molar-refractivity contribution >= 4 is 11.8 Å². The van der Waals surface area contributed by atoms with Gasteiger partial charge in [-0.05, 0) is 49.4 Å². The molecule has 3 atom stereocenters. The molecule has 2 aromatic rings. The van der Waals surface area contributed by atoms with Gasteiger partial charge in [0, 0.05) is 44.7 Å². The van der Waals surface area contributed by atoms with E-state index in [2.05, 4.69) is 23.7 Å². The number of nitrogens with zero attached hydrogens (tertiary/aromatic N) is 2. The standard InChI is InChI=1S/C23H29N3O3/c1-14-15(2)25(3)13-19(14)21-20(22(27)24-12-16-8-7-11-29-16)17-9-5-6-10-18(17)23(28)26(21)4/h5-6,9-10,13,16,20-21H,7-8,11-12H2,1-4H3,(H,24,27). The van der Waals surface area contributed by atoms with E-state index in [0.717, 1.165) is 41.8 Å². The van der Waals surface area contributed by atoms with Crippen LogP contribution in [0, 0.1) is 13.8 Å². The summed E-state index contributed by atoms with van der Waals surface area (Å²) in [4.78, 5) is 28.3. The molecule has 6 nitrogen and oxygen atoms in total. The van der Waals surface area contributed by atoms with E-state index in [4.69, 9.17) is 4.74 Å². The lowest BCUT2D eigenvalue weighted by Crippen LogP contribution is -2.46. The van der Waals surface area contributed by atoms with Crippen LogP contribution in [0.15, 0.2) is 30.5 Å². The first-order chi connectivity index (χ1) is 13.9. The highest BCUT2D eigenvalue weighted by molar-refractivity contribution is 6.01. The van der Waals surface area contributed by atoms with Gasteiger partial charge in [0.1, 0.15) is 0 Å². The van der Waals surface area contributed by atoms with Crippen molar-refractivity contribution in [3.8, 4) is 0 Å². The maximum absolute atomic E-state index is 13.4.